The molecule has 0 aliphatic heterocycles. The number of nitrogens with zero attached hydrogens (tertiary/aromatic N) is 1. The summed E-state index contributed by atoms with van der Waals surface area (Å²) in [5.41, 5.74) is 1.37. The highest BCUT2D eigenvalue weighted by Gasteiger charge is 2.16. The van der Waals surface area contributed by atoms with Crippen molar-refractivity contribution in [2.75, 3.05) is 7.11 Å². The van der Waals surface area contributed by atoms with Crippen LogP contribution in [0.25, 0.3) is 0 Å². The number of halogens is 1. The lowest BCUT2D eigenvalue weighted by Crippen LogP contribution is -2.09. The summed E-state index contributed by atoms with van der Waals surface area (Å²) in [7, 11) is 1.48. The van der Waals surface area contributed by atoms with Crippen LogP contribution in [0.3, 0.4) is 0 Å². The lowest BCUT2D eigenvalue weighted by atomic mass is 9.50. The van der Waals surface area contributed by atoms with Crippen LogP contribution in [0.5, 0.6) is 17.2 Å². The number of ether oxygens (including phenoxy) is 2. The van der Waals surface area contributed by atoms with E-state index < -0.39 is 11.8 Å². The molecule has 0 spiro atoms. The second kappa shape index (κ2) is 8.91. The van der Waals surface area contributed by atoms with Gasteiger partial charge in [0.1, 0.15) is 11.6 Å². The van der Waals surface area contributed by atoms with Gasteiger partial charge in [-0.1, -0.05) is 19.2 Å². The molecule has 0 saturated carbocycles. The molecule has 2 aromatic carbocycles. The molecule has 0 amide bonds. The Bertz CT molecular complexity index is 835. The Hall–Kier alpha value is -3.01. The zero-order valence-electron chi connectivity index (χ0n) is 14.7. The summed E-state index contributed by atoms with van der Waals surface area (Å²) >= 11 is 0. The molecule has 2 rings (SSSR count). The summed E-state index contributed by atoms with van der Waals surface area (Å²) in [6.07, 6.45) is 0.976. The Morgan fingerprint density at radius 1 is 1.27 bits per heavy atom. The quantitative estimate of drug-likeness (QED) is 0.725. The summed E-state index contributed by atoms with van der Waals surface area (Å²) in [6, 6.07) is 8.98. The number of rotatable bonds is 8. The number of nitriles is 1. The predicted molar refractivity (Wildman–Crippen MR) is 96.5 cm³/mol. The Morgan fingerprint density at radius 3 is 2.62 bits per heavy atom. The van der Waals surface area contributed by atoms with Gasteiger partial charge in [0.15, 0.2) is 11.5 Å². The summed E-state index contributed by atoms with van der Waals surface area (Å²) in [6.45, 7) is 1.68. The highest BCUT2D eigenvalue weighted by atomic mass is 19.1. The van der Waals surface area contributed by atoms with E-state index in [4.69, 9.17) is 14.7 Å². The van der Waals surface area contributed by atoms with Crippen LogP contribution in [-0.4, -0.2) is 24.9 Å². The van der Waals surface area contributed by atoms with Gasteiger partial charge in [-0.25, -0.2) is 9.65 Å². The van der Waals surface area contributed by atoms with Crippen molar-refractivity contribution in [1.29, 1.82) is 5.26 Å². The van der Waals surface area contributed by atoms with E-state index in [1.165, 1.54) is 25.3 Å². The van der Waals surface area contributed by atoms with Crippen molar-refractivity contribution in [3.63, 3.8) is 0 Å². The maximum absolute atomic E-state index is 13.4. The largest absolute Gasteiger partial charge is 0.493 e. The zero-order valence-corrected chi connectivity index (χ0v) is 14.7. The number of hydrogen-bond donors (Lipinski definition) is 1. The van der Waals surface area contributed by atoms with Crippen molar-refractivity contribution in [2.24, 2.45) is 0 Å². The summed E-state index contributed by atoms with van der Waals surface area (Å²) in [5.74, 6) is 1.78. The molecule has 0 heterocycles. The van der Waals surface area contributed by atoms with Crippen LogP contribution in [0, 0.1) is 17.0 Å². The minimum absolute atomic E-state index is 0.137. The lowest BCUT2D eigenvalue weighted by molar-refractivity contribution is -0.136. The third-order valence-corrected chi connectivity index (χ3v) is 3.92. The first-order valence-electron chi connectivity index (χ1n) is 8.17. The molecule has 1 N–H and O–H groups in total. The first kappa shape index (κ1) is 19.3. The maximum atomic E-state index is 13.4. The van der Waals surface area contributed by atoms with Gasteiger partial charge < -0.3 is 14.6 Å². The fraction of sp³-hybridized carbons (Fsp3) is 0.263. The molecule has 0 atom stereocenters. The van der Waals surface area contributed by atoms with E-state index >= 15 is 0 Å². The third-order valence-electron chi connectivity index (χ3n) is 3.92. The minimum atomic E-state index is -0.971. The average Bonchev–Trinajstić information content (AvgIpc) is 2.60. The van der Waals surface area contributed by atoms with E-state index in [1.807, 2.05) is 6.82 Å². The second-order valence-electron chi connectivity index (χ2n) is 5.97. The molecule has 0 aliphatic rings. The highest BCUT2D eigenvalue weighted by molar-refractivity contribution is 6.65. The van der Waals surface area contributed by atoms with Gasteiger partial charge in [-0.05, 0) is 41.8 Å². The van der Waals surface area contributed by atoms with Crippen LogP contribution in [0.15, 0.2) is 36.4 Å². The average molecular weight is 355 g/mol. The molecule has 2 aromatic rings. The van der Waals surface area contributed by atoms with E-state index in [1.54, 1.807) is 18.2 Å². The minimum Gasteiger partial charge on any atom is -0.493 e. The van der Waals surface area contributed by atoms with Crippen molar-refractivity contribution in [2.45, 2.75) is 26.0 Å². The zero-order chi connectivity index (χ0) is 19.1. The van der Waals surface area contributed by atoms with Gasteiger partial charge in [0, 0.05) is 12.0 Å². The SMILES string of the molecule is COc1cc(CCB(C)C#N)c(CC(=O)O)cc1Oc1cccc(F)c1. The molecule has 5 nitrogen and oxygen atoms in total. The molecule has 0 fully saturated rings. The van der Waals surface area contributed by atoms with Crippen molar-refractivity contribution in [1.82, 2.24) is 0 Å². The van der Waals surface area contributed by atoms with Crippen molar-refractivity contribution < 1.29 is 23.8 Å². The van der Waals surface area contributed by atoms with Gasteiger partial charge in [-0.15, -0.1) is 0 Å². The number of benzene rings is 2. The molecule has 0 radical (unpaired) electrons. The predicted octanol–water partition coefficient (Wildman–Crippen LogP) is 3.98. The molecular formula is C19H19BFNO4. The molecule has 26 heavy (non-hydrogen) atoms. The molecule has 7 heteroatoms. The number of carbonyl (C=O) groups is 1. The van der Waals surface area contributed by atoms with Gasteiger partial charge in [0.05, 0.1) is 13.5 Å². The van der Waals surface area contributed by atoms with Gasteiger partial charge >= 0.3 is 5.97 Å². The van der Waals surface area contributed by atoms with Gasteiger partial charge in [-0.3, -0.25) is 4.79 Å². The Kier molecular flexibility index (Phi) is 6.62. The number of carboxylic acids is 1. The first-order valence-corrected chi connectivity index (χ1v) is 8.17. The molecule has 134 valence electrons. The van der Waals surface area contributed by atoms with E-state index in [0.717, 1.165) is 5.56 Å². The maximum Gasteiger partial charge on any atom is 0.307 e. The van der Waals surface area contributed by atoms with Crippen LogP contribution in [0.2, 0.25) is 13.1 Å². The van der Waals surface area contributed by atoms with Crippen molar-refractivity contribution in [3.05, 3.63) is 53.3 Å². The number of hydrogen-bond acceptors (Lipinski definition) is 4. The van der Waals surface area contributed by atoms with E-state index in [-0.39, 0.29) is 18.9 Å². The number of aliphatic carboxylic acids is 1. The van der Waals surface area contributed by atoms with E-state index in [9.17, 15) is 14.3 Å². The first-order chi connectivity index (χ1) is 12.4. The number of carboxylic acid groups (broad SMARTS) is 1. The normalized spacial score (nSPS) is 10.1. The van der Waals surface area contributed by atoms with Crippen LogP contribution in [0.1, 0.15) is 11.1 Å². The van der Waals surface area contributed by atoms with Gasteiger partial charge in [0.25, 0.3) is 6.71 Å². The van der Waals surface area contributed by atoms with Crippen molar-refractivity contribution >= 4 is 12.7 Å². The second-order valence-corrected chi connectivity index (χ2v) is 5.97. The van der Waals surface area contributed by atoms with Crippen LogP contribution in [-0.2, 0) is 17.6 Å². The topological polar surface area (TPSA) is 79.5 Å². The van der Waals surface area contributed by atoms with Gasteiger partial charge in [-0.2, -0.15) is 0 Å². The van der Waals surface area contributed by atoms with Crippen LogP contribution < -0.4 is 9.47 Å². The standard InChI is InChI=1S/C19H19BFNO4/c1-20(12-22)7-6-13-8-17(25-2)18(9-14(13)10-19(23)24)26-16-5-3-4-15(21)11-16/h3-5,8-9,11H,6-7,10H2,1-2H3,(H,23,24). The number of aryl methyl sites for hydroxylation is 1. The number of methoxy groups -OCH3 is 1. The monoisotopic (exact) mass is 355 g/mol. The lowest BCUT2D eigenvalue weighted by Gasteiger charge is -2.16. The highest BCUT2D eigenvalue weighted by Crippen LogP contribution is 2.35. The Balaban J connectivity index is 2.38. The van der Waals surface area contributed by atoms with Crippen molar-refractivity contribution in [3.8, 4) is 23.2 Å². The summed E-state index contributed by atoms with van der Waals surface area (Å²) in [4.78, 5) is 11.2. The molecule has 0 bridgehead atoms. The summed E-state index contributed by atoms with van der Waals surface area (Å²) < 4.78 is 24.4. The molecule has 0 aromatic heterocycles. The summed E-state index contributed by atoms with van der Waals surface area (Å²) in [5, 5.41) is 18.1. The Morgan fingerprint density at radius 2 is 2.00 bits per heavy atom. The van der Waals surface area contributed by atoms with Gasteiger partial charge in [0.2, 0.25) is 0 Å². The fourth-order valence-electron chi connectivity index (χ4n) is 2.54. The van der Waals surface area contributed by atoms with Crippen LogP contribution in [0.4, 0.5) is 4.39 Å². The Labute approximate surface area is 152 Å². The smallest absolute Gasteiger partial charge is 0.307 e. The van der Waals surface area contributed by atoms with E-state index in [2.05, 4.69) is 5.97 Å². The van der Waals surface area contributed by atoms with Crippen LogP contribution >= 0.6 is 0 Å². The molecule has 0 saturated heterocycles. The molecule has 0 unspecified atom stereocenters. The fourth-order valence-corrected chi connectivity index (χ4v) is 2.54. The third kappa shape index (κ3) is 5.25. The molecule has 0 aliphatic carbocycles. The van der Waals surface area contributed by atoms with E-state index in [0.29, 0.717) is 29.8 Å². The molecular weight excluding hydrogens is 336 g/mol.